The molecule has 0 unspecified atom stereocenters. The molecule has 2 aromatic rings. The second-order valence-corrected chi connectivity index (χ2v) is 4.26. The summed E-state index contributed by atoms with van der Waals surface area (Å²) in [6.45, 7) is 0.700. The molecule has 1 aromatic heterocycles. The Morgan fingerprint density at radius 1 is 1.50 bits per heavy atom. The van der Waals surface area contributed by atoms with Gasteiger partial charge in [0.1, 0.15) is 12.3 Å². The Labute approximate surface area is 115 Å². The smallest absolute Gasteiger partial charge is 0.311 e. The first kappa shape index (κ1) is 13.9. The Kier molecular flexibility index (Phi) is 4.26. The van der Waals surface area contributed by atoms with E-state index < -0.39 is 4.92 Å². The van der Waals surface area contributed by atoms with Gasteiger partial charge in [0.05, 0.1) is 11.1 Å². The third-order valence-electron chi connectivity index (χ3n) is 2.63. The molecule has 8 nitrogen and oxygen atoms in total. The van der Waals surface area contributed by atoms with Crippen LogP contribution in [0.15, 0.2) is 24.4 Å². The van der Waals surface area contributed by atoms with Crippen LogP contribution in [0.2, 0.25) is 0 Å². The van der Waals surface area contributed by atoms with Gasteiger partial charge >= 0.3 is 5.69 Å². The molecule has 0 radical (unpaired) electrons. The molecule has 2 rings (SSSR count). The normalized spacial score (nSPS) is 10.5. The van der Waals surface area contributed by atoms with Crippen molar-refractivity contribution in [3.8, 4) is 5.75 Å². The van der Waals surface area contributed by atoms with Crippen LogP contribution in [0.3, 0.4) is 0 Å². The quantitative estimate of drug-likeness (QED) is 0.625. The Morgan fingerprint density at radius 2 is 2.30 bits per heavy atom. The van der Waals surface area contributed by atoms with Gasteiger partial charge in [0.25, 0.3) is 0 Å². The largest absolute Gasteiger partial charge is 0.480 e. The zero-order chi connectivity index (χ0) is 14.5. The summed E-state index contributed by atoms with van der Waals surface area (Å²) < 4.78 is 7.00. The molecule has 0 fully saturated rings. The minimum atomic E-state index is -0.453. The van der Waals surface area contributed by atoms with Crippen LogP contribution in [0.5, 0.6) is 5.75 Å². The average Bonchev–Trinajstić information content (AvgIpc) is 2.83. The summed E-state index contributed by atoms with van der Waals surface area (Å²) in [6, 6.07) is 4.89. The summed E-state index contributed by atoms with van der Waals surface area (Å²) in [6.07, 6.45) is 1.70. The predicted molar refractivity (Wildman–Crippen MR) is 71.2 cm³/mol. The standard InChI is InChI=1S/C12H15N5O3/c1-13-6-9-3-4-12(11(5-9)17(18)19)20-8-10-7-16(2)15-14-10/h3-5,7,13H,6,8H2,1-2H3. The van der Waals surface area contributed by atoms with Gasteiger partial charge in [-0.1, -0.05) is 11.3 Å². The molecule has 0 spiro atoms. The lowest BCUT2D eigenvalue weighted by molar-refractivity contribution is -0.386. The Bertz CT molecular complexity index is 611. The maximum atomic E-state index is 11.1. The molecule has 0 atom stereocenters. The molecule has 0 aliphatic carbocycles. The van der Waals surface area contributed by atoms with Crippen molar-refractivity contribution in [3.05, 3.63) is 45.8 Å². The number of aromatic nitrogens is 3. The molecule has 0 aliphatic heterocycles. The molecule has 1 aromatic carbocycles. The third-order valence-corrected chi connectivity index (χ3v) is 2.63. The third kappa shape index (κ3) is 3.29. The van der Waals surface area contributed by atoms with Gasteiger partial charge in [-0.2, -0.15) is 0 Å². The number of aryl methyl sites for hydroxylation is 1. The van der Waals surface area contributed by atoms with E-state index in [0.717, 1.165) is 5.56 Å². The number of nitro groups is 1. The lowest BCUT2D eigenvalue weighted by Crippen LogP contribution is -2.06. The first-order chi connectivity index (χ1) is 9.60. The number of nitro benzene ring substituents is 1. The van der Waals surface area contributed by atoms with Gasteiger partial charge in [0, 0.05) is 19.7 Å². The van der Waals surface area contributed by atoms with Gasteiger partial charge < -0.3 is 10.1 Å². The molecule has 1 heterocycles. The van der Waals surface area contributed by atoms with Gasteiger partial charge in [-0.15, -0.1) is 5.10 Å². The van der Waals surface area contributed by atoms with Crippen molar-refractivity contribution in [1.29, 1.82) is 0 Å². The summed E-state index contributed by atoms with van der Waals surface area (Å²) in [4.78, 5) is 10.6. The molecule has 0 saturated heterocycles. The van der Waals surface area contributed by atoms with Crippen molar-refractivity contribution in [1.82, 2.24) is 20.3 Å². The highest BCUT2D eigenvalue weighted by molar-refractivity contribution is 5.48. The highest BCUT2D eigenvalue weighted by Crippen LogP contribution is 2.28. The second-order valence-electron chi connectivity index (χ2n) is 4.26. The topological polar surface area (TPSA) is 95.1 Å². The molecule has 106 valence electrons. The van der Waals surface area contributed by atoms with Crippen LogP contribution in [0.25, 0.3) is 0 Å². The maximum absolute atomic E-state index is 11.1. The fraction of sp³-hybridized carbons (Fsp3) is 0.333. The van der Waals surface area contributed by atoms with E-state index in [4.69, 9.17) is 4.74 Å². The summed E-state index contributed by atoms with van der Waals surface area (Å²) in [5.41, 5.74) is 1.38. The molecule has 1 N–H and O–H groups in total. The predicted octanol–water partition coefficient (Wildman–Crippen LogP) is 1.02. The molecule has 8 heteroatoms. The fourth-order valence-electron chi connectivity index (χ4n) is 1.75. The van der Waals surface area contributed by atoms with Crippen LogP contribution in [0, 0.1) is 10.1 Å². The van der Waals surface area contributed by atoms with Crippen molar-refractivity contribution in [2.45, 2.75) is 13.2 Å². The first-order valence-electron chi connectivity index (χ1n) is 6.00. The number of rotatable bonds is 6. The van der Waals surface area contributed by atoms with Crippen molar-refractivity contribution >= 4 is 5.69 Å². The molecular weight excluding hydrogens is 262 g/mol. The number of ether oxygens (including phenoxy) is 1. The van der Waals surface area contributed by atoms with E-state index in [0.29, 0.717) is 12.2 Å². The van der Waals surface area contributed by atoms with Gasteiger partial charge in [-0.3, -0.25) is 14.8 Å². The lowest BCUT2D eigenvalue weighted by atomic mass is 10.2. The lowest BCUT2D eigenvalue weighted by Gasteiger charge is -2.07. The average molecular weight is 277 g/mol. The van der Waals surface area contributed by atoms with Crippen LogP contribution >= 0.6 is 0 Å². The number of hydrogen-bond donors (Lipinski definition) is 1. The second kappa shape index (κ2) is 6.11. The SMILES string of the molecule is CNCc1ccc(OCc2cn(C)nn2)c([N+](=O)[O-])c1. The fourth-order valence-corrected chi connectivity index (χ4v) is 1.75. The van der Waals surface area contributed by atoms with E-state index in [1.165, 1.54) is 6.07 Å². The molecular formula is C12H15N5O3. The van der Waals surface area contributed by atoms with E-state index >= 15 is 0 Å². The van der Waals surface area contributed by atoms with E-state index in [2.05, 4.69) is 15.6 Å². The number of nitrogens with zero attached hydrogens (tertiary/aromatic N) is 4. The van der Waals surface area contributed by atoms with Crippen LogP contribution in [-0.2, 0) is 20.2 Å². The van der Waals surface area contributed by atoms with Crippen LogP contribution in [0.1, 0.15) is 11.3 Å². The van der Waals surface area contributed by atoms with Crippen molar-refractivity contribution in [3.63, 3.8) is 0 Å². The Hall–Kier alpha value is -2.48. The summed E-state index contributed by atoms with van der Waals surface area (Å²) in [5.74, 6) is 0.223. The summed E-state index contributed by atoms with van der Waals surface area (Å²) in [7, 11) is 3.52. The summed E-state index contributed by atoms with van der Waals surface area (Å²) in [5, 5.41) is 21.6. The number of hydrogen-bond acceptors (Lipinski definition) is 6. The van der Waals surface area contributed by atoms with Gasteiger partial charge in [-0.25, -0.2) is 0 Å². The molecule has 20 heavy (non-hydrogen) atoms. The Balaban J connectivity index is 2.15. The molecule has 0 aliphatic rings. The molecule has 0 saturated carbocycles. The van der Waals surface area contributed by atoms with Crippen LogP contribution in [0.4, 0.5) is 5.69 Å². The van der Waals surface area contributed by atoms with Crippen molar-refractivity contribution < 1.29 is 9.66 Å². The number of benzene rings is 1. The van der Waals surface area contributed by atoms with Gasteiger partial charge in [0.15, 0.2) is 5.75 Å². The van der Waals surface area contributed by atoms with E-state index in [-0.39, 0.29) is 18.0 Å². The van der Waals surface area contributed by atoms with Crippen molar-refractivity contribution in [2.24, 2.45) is 7.05 Å². The Morgan fingerprint density at radius 3 is 2.90 bits per heavy atom. The van der Waals surface area contributed by atoms with Crippen molar-refractivity contribution in [2.75, 3.05) is 7.05 Å². The minimum Gasteiger partial charge on any atom is -0.480 e. The van der Waals surface area contributed by atoms with E-state index in [1.807, 2.05) is 0 Å². The van der Waals surface area contributed by atoms with Gasteiger partial charge in [0.2, 0.25) is 0 Å². The highest BCUT2D eigenvalue weighted by atomic mass is 16.6. The van der Waals surface area contributed by atoms with Crippen LogP contribution in [-0.4, -0.2) is 27.0 Å². The monoisotopic (exact) mass is 277 g/mol. The van der Waals surface area contributed by atoms with Crippen LogP contribution < -0.4 is 10.1 Å². The van der Waals surface area contributed by atoms with Gasteiger partial charge in [-0.05, 0) is 18.7 Å². The zero-order valence-corrected chi connectivity index (χ0v) is 11.2. The summed E-state index contributed by atoms with van der Waals surface area (Å²) >= 11 is 0. The first-order valence-corrected chi connectivity index (χ1v) is 6.00. The maximum Gasteiger partial charge on any atom is 0.311 e. The highest BCUT2D eigenvalue weighted by Gasteiger charge is 2.16. The number of nitrogens with one attached hydrogen (secondary N) is 1. The molecule has 0 bridgehead atoms. The van der Waals surface area contributed by atoms with E-state index in [1.54, 1.807) is 37.1 Å². The van der Waals surface area contributed by atoms with E-state index in [9.17, 15) is 10.1 Å². The zero-order valence-electron chi connectivity index (χ0n) is 11.2. The minimum absolute atomic E-state index is 0.0540. The molecule has 0 amide bonds.